The molecule has 2 aromatic carbocycles. The number of carbonyl (C=O) groups is 1. The molecule has 1 N–H and O–H groups in total. The monoisotopic (exact) mass is 771 g/mol. The Morgan fingerprint density at radius 1 is 0.977 bits per heavy atom. The topological polar surface area (TPSA) is 88.9 Å². The number of hydrogen-bond acceptors (Lipinski definition) is 6. The SMILES string of the molecule is CCC(CC)C(=O)/C=C(\O)C(CC)CC.[2H]C([2H])([2H])c1nnc(-c2[c-]c3ccccc3c(C(C)(C)C)c2)c2nc(F)c(F)nc12.[Ir]. The molecule has 2 aromatic heterocycles. The minimum absolute atomic E-state index is 0. The normalized spacial score (nSPS) is 13.3. The third-order valence-electron chi connectivity index (χ3n) is 7.43. The quantitative estimate of drug-likeness (QED) is 0.110. The summed E-state index contributed by atoms with van der Waals surface area (Å²) in [5, 5.41) is 19.3. The molecule has 6 nitrogen and oxygen atoms in total. The Labute approximate surface area is 271 Å². The van der Waals surface area contributed by atoms with Gasteiger partial charge in [-0.3, -0.25) is 4.79 Å². The van der Waals surface area contributed by atoms with Crippen LogP contribution in [0.2, 0.25) is 0 Å². The van der Waals surface area contributed by atoms with Crippen LogP contribution in [0.5, 0.6) is 0 Å². The van der Waals surface area contributed by atoms with E-state index in [1.54, 1.807) is 0 Å². The molecule has 4 rings (SSSR count). The number of benzene rings is 2. The van der Waals surface area contributed by atoms with E-state index < -0.39 is 24.4 Å². The van der Waals surface area contributed by atoms with Gasteiger partial charge < -0.3 is 5.11 Å². The first-order valence-electron chi connectivity index (χ1n) is 15.9. The van der Waals surface area contributed by atoms with Crippen molar-refractivity contribution in [1.29, 1.82) is 0 Å². The molecule has 43 heavy (non-hydrogen) atoms. The zero-order valence-electron chi connectivity index (χ0n) is 28.7. The van der Waals surface area contributed by atoms with Crippen LogP contribution < -0.4 is 0 Å². The number of carbonyl (C=O) groups excluding carboxylic acids is 1. The molecule has 0 atom stereocenters. The Kier molecular flexibility index (Phi) is 11.3. The van der Waals surface area contributed by atoms with Crippen LogP contribution in [0.15, 0.2) is 42.2 Å². The number of ketones is 1. The molecule has 0 aliphatic carbocycles. The van der Waals surface area contributed by atoms with Gasteiger partial charge in [-0.05, 0) is 38.0 Å². The van der Waals surface area contributed by atoms with E-state index >= 15 is 0 Å². The number of hydrogen-bond donors (Lipinski definition) is 1. The number of halogens is 2. The molecule has 0 amide bonds. The smallest absolute Gasteiger partial charge is 0.269 e. The van der Waals surface area contributed by atoms with Gasteiger partial charge >= 0.3 is 0 Å². The van der Waals surface area contributed by atoms with Gasteiger partial charge in [0.25, 0.3) is 11.9 Å². The Morgan fingerprint density at radius 3 is 2.12 bits per heavy atom. The first-order chi connectivity index (χ1) is 21.1. The first kappa shape index (κ1) is 31.3. The number of aryl methyl sites for hydroxylation is 1. The summed E-state index contributed by atoms with van der Waals surface area (Å²) in [7, 11) is 0. The van der Waals surface area contributed by atoms with Crippen molar-refractivity contribution in [2.45, 2.75) is 86.4 Å². The van der Waals surface area contributed by atoms with Crippen molar-refractivity contribution < 1.29 is 42.9 Å². The van der Waals surface area contributed by atoms with Gasteiger partial charge in [-0.2, -0.15) is 19.0 Å². The maximum atomic E-state index is 13.9. The zero-order valence-corrected chi connectivity index (χ0v) is 28.1. The molecule has 0 aliphatic rings. The summed E-state index contributed by atoms with van der Waals surface area (Å²) in [4.78, 5) is 18.8. The average Bonchev–Trinajstić information content (AvgIpc) is 2.97. The summed E-state index contributed by atoms with van der Waals surface area (Å²) in [6, 6.07) is 12.7. The number of aliphatic hydroxyl groups excluding tert-OH is 1. The second kappa shape index (κ2) is 15.5. The summed E-state index contributed by atoms with van der Waals surface area (Å²) >= 11 is 0. The van der Waals surface area contributed by atoms with Crippen LogP contribution >= 0.6 is 0 Å². The number of allylic oxidation sites excluding steroid dienone is 2. The maximum absolute atomic E-state index is 13.9. The summed E-state index contributed by atoms with van der Waals surface area (Å²) < 4.78 is 50.6. The standard InChI is InChI=1S/C21H17F2N4.C13H24O2.Ir/c1-11-16-18(25-20(23)19(22)24-16)17(27-26-11)13-9-12-7-5-6-8-14(12)15(10-13)21(2,3)4;1-5-10(6-2)12(14)9-13(15)11(7-3)8-4;/h5-8,10H,1-4H3;9-11,14H,5-8H2,1-4H3;/q-1;;/b;12-9-;/i1D3;;. The molecule has 0 saturated carbocycles. The van der Waals surface area contributed by atoms with E-state index in [-0.39, 0.29) is 65.6 Å². The number of nitrogens with zero attached hydrogens (tertiary/aromatic N) is 4. The second-order valence-corrected chi connectivity index (χ2v) is 11.3. The van der Waals surface area contributed by atoms with E-state index in [4.69, 9.17) is 4.11 Å². The fourth-order valence-electron chi connectivity index (χ4n) is 4.86. The van der Waals surface area contributed by atoms with Crippen LogP contribution in [-0.2, 0) is 30.3 Å². The maximum Gasteiger partial charge on any atom is 0.269 e. The van der Waals surface area contributed by atoms with Crippen molar-refractivity contribution in [3.8, 4) is 11.3 Å². The third kappa shape index (κ3) is 8.48. The van der Waals surface area contributed by atoms with Crippen molar-refractivity contribution in [1.82, 2.24) is 20.2 Å². The summed E-state index contributed by atoms with van der Waals surface area (Å²) in [6.07, 6.45) is 4.91. The van der Waals surface area contributed by atoms with Gasteiger partial charge in [0.1, 0.15) is 5.52 Å². The van der Waals surface area contributed by atoms with Gasteiger partial charge in [0, 0.05) is 42.1 Å². The molecule has 2 heterocycles. The molecule has 0 unspecified atom stereocenters. The third-order valence-corrected chi connectivity index (χ3v) is 7.43. The van der Waals surface area contributed by atoms with Crippen LogP contribution in [0, 0.1) is 36.6 Å². The molecular formula is C34H41F2IrN4O2-. The van der Waals surface area contributed by atoms with E-state index in [0.29, 0.717) is 5.56 Å². The van der Waals surface area contributed by atoms with E-state index in [2.05, 4.69) is 47.0 Å². The fourth-order valence-corrected chi connectivity index (χ4v) is 4.86. The number of aliphatic hydroxyl groups is 1. The Bertz CT molecular complexity index is 1700. The van der Waals surface area contributed by atoms with Gasteiger partial charge in [0.05, 0.1) is 22.7 Å². The largest absolute Gasteiger partial charge is 0.512 e. The Balaban J connectivity index is 0.000000394. The van der Waals surface area contributed by atoms with Gasteiger partial charge in [-0.25, -0.2) is 9.97 Å². The van der Waals surface area contributed by atoms with Crippen LogP contribution in [-0.4, -0.2) is 31.1 Å². The minimum atomic E-state index is -2.72. The van der Waals surface area contributed by atoms with Crippen molar-refractivity contribution in [3.63, 3.8) is 0 Å². The molecule has 0 bridgehead atoms. The summed E-state index contributed by atoms with van der Waals surface area (Å²) in [5.74, 6) is -2.39. The fraction of sp³-hybridized carbons (Fsp3) is 0.441. The van der Waals surface area contributed by atoms with Crippen LogP contribution in [0.1, 0.15) is 89.5 Å². The van der Waals surface area contributed by atoms with E-state index in [1.165, 1.54) is 6.08 Å². The van der Waals surface area contributed by atoms with Crippen molar-refractivity contribution >= 4 is 27.6 Å². The molecule has 0 spiro atoms. The second-order valence-electron chi connectivity index (χ2n) is 11.3. The van der Waals surface area contributed by atoms with Gasteiger partial charge in [0.2, 0.25) is 0 Å². The van der Waals surface area contributed by atoms with Crippen molar-refractivity contribution in [3.05, 3.63) is 71.4 Å². The molecule has 233 valence electrons. The average molecular weight is 771 g/mol. The van der Waals surface area contributed by atoms with E-state index in [9.17, 15) is 18.7 Å². The molecular weight excluding hydrogens is 727 g/mol. The zero-order chi connectivity index (χ0) is 33.7. The predicted molar refractivity (Wildman–Crippen MR) is 164 cm³/mol. The number of fused-ring (bicyclic) bond motifs is 2. The molecule has 0 saturated heterocycles. The van der Waals surface area contributed by atoms with Crippen molar-refractivity contribution in [2.24, 2.45) is 11.8 Å². The first-order valence-corrected chi connectivity index (χ1v) is 14.4. The molecule has 1 radical (unpaired) electrons. The van der Waals surface area contributed by atoms with Gasteiger partial charge in [0.15, 0.2) is 5.78 Å². The van der Waals surface area contributed by atoms with Crippen LogP contribution in [0.25, 0.3) is 33.1 Å². The van der Waals surface area contributed by atoms with Crippen LogP contribution in [0.4, 0.5) is 8.78 Å². The predicted octanol–water partition coefficient (Wildman–Crippen LogP) is 8.79. The minimum Gasteiger partial charge on any atom is -0.512 e. The molecule has 0 aliphatic heterocycles. The van der Waals surface area contributed by atoms with Crippen molar-refractivity contribution in [2.75, 3.05) is 0 Å². The number of rotatable bonds is 8. The molecule has 4 aromatic rings. The van der Waals surface area contributed by atoms with Gasteiger partial charge in [-0.15, -0.1) is 29.1 Å². The van der Waals surface area contributed by atoms with E-state index in [0.717, 1.165) is 42.0 Å². The molecule has 0 fully saturated rings. The number of aromatic nitrogens is 4. The Morgan fingerprint density at radius 2 is 1.56 bits per heavy atom. The Hall–Kier alpha value is -3.16. The van der Waals surface area contributed by atoms with Crippen LogP contribution in [0.3, 0.4) is 0 Å². The van der Waals surface area contributed by atoms with Gasteiger partial charge in [-0.1, -0.05) is 77.6 Å². The molecule has 9 heteroatoms. The summed E-state index contributed by atoms with van der Waals surface area (Å²) in [6.45, 7) is 11.5. The summed E-state index contributed by atoms with van der Waals surface area (Å²) in [5.41, 5.74) is 0.198. The van der Waals surface area contributed by atoms with E-state index in [1.807, 2.05) is 58.0 Å².